The van der Waals surface area contributed by atoms with Crippen LogP contribution in [0.25, 0.3) is 10.8 Å². The molecular weight excluding hydrogens is 517 g/mol. The van der Waals surface area contributed by atoms with Crippen molar-refractivity contribution in [2.75, 3.05) is 4.72 Å². The molecule has 0 fully saturated rings. The Bertz CT molecular complexity index is 850. The maximum atomic E-state index is 12.2. The first-order valence-corrected chi connectivity index (χ1v) is 9.70. The molecule has 26 heavy (non-hydrogen) atoms. The van der Waals surface area contributed by atoms with Crippen LogP contribution in [0.15, 0.2) is 77.7 Å². The number of fused-ring (bicyclic) bond motifs is 1. The monoisotopic (exact) mass is 545 g/mol. The van der Waals surface area contributed by atoms with Gasteiger partial charge >= 0.3 is 0 Å². The second-order valence-electron chi connectivity index (χ2n) is 4.48. The molecule has 0 spiro atoms. The maximum Gasteiger partial charge on any atom is 0.261 e. The molecule has 0 amide bonds. The molecule has 1 N–H and O–H groups in total. The van der Waals surface area contributed by atoms with Crippen LogP contribution >= 0.6 is 0 Å². The van der Waals surface area contributed by atoms with Crippen molar-refractivity contribution < 1.29 is 28.8 Å². The van der Waals surface area contributed by atoms with Crippen LogP contribution in [0, 0.1) is 7.43 Å². The Hall–Kier alpha value is -1.67. The summed E-state index contributed by atoms with van der Waals surface area (Å²) in [5.41, 5.74) is 0.563. The minimum Gasteiger partial charge on any atom is -0.358 e. The van der Waals surface area contributed by atoms with E-state index in [1.807, 2.05) is 64.1 Å². The van der Waals surface area contributed by atoms with Gasteiger partial charge < -0.3 is 7.43 Å². The number of benzene rings is 3. The van der Waals surface area contributed by atoms with E-state index in [2.05, 4.69) is 4.72 Å². The van der Waals surface area contributed by atoms with E-state index >= 15 is 0 Å². The van der Waals surface area contributed by atoms with Crippen molar-refractivity contribution in [3.63, 3.8) is 0 Å². The molecule has 0 aliphatic rings. The van der Waals surface area contributed by atoms with Crippen LogP contribution in [-0.2, 0) is 30.4 Å². The second-order valence-corrected chi connectivity index (χ2v) is 6.16. The summed E-state index contributed by atoms with van der Waals surface area (Å²) in [6.07, 6.45) is 0. The smallest absolute Gasteiger partial charge is 0.261 e. The standard InChI is InChI=1S/C16H13NO2S.2C2H6.CH3.Re/c18-20(19,16-8-2-1-3-9-16)17-15-11-10-13-6-4-5-7-14(13)12-15;2*1-2;;/h1-12,17H;2*1-2H3;1H3;/q;;;-1;. The maximum absolute atomic E-state index is 12.2. The van der Waals surface area contributed by atoms with E-state index in [-0.39, 0.29) is 32.7 Å². The van der Waals surface area contributed by atoms with Crippen molar-refractivity contribution in [1.29, 1.82) is 0 Å². The Morgan fingerprint density at radius 2 is 1.19 bits per heavy atom. The minimum absolute atomic E-state index is 0. The van der Waals surface area contributed by atoms with Crippen LogP contribution in [0.4, 0.5) is 5.69 Å². The van der Waals surface area contributed by atoms with Crippen LogP contribution in [0.1, 0.15) is 27.7 Å². The molecule has 3 nitrogen and oxygen atoms in total. The van der Waals surface area contributed by atoms with E-state index in [0.29, 0.717) is 5.69 Å². The summed E-state index contributed by atoms with van der Waals surface area (Å²) < 4.78 is 27.1. The Morgan fingerprint density at radius 1 is 0.692 bits per heavy atom. The third-order valence-corrected chi connectivity index (χ3v) is 4.45. The van der Waals surface area contributed by atoms with Gasteiger partial charge in [-0.25, -0.2) is 8.42 Å². The molecule has 143 valence electrons. The van der Waals surface area contributed by atoms with Crippen LogP contribution in [0.2, 0.25) is 0 Å². The Labute approximate surface area is 172 Å². The van der Waals surface area contributed by atoms with E-state index in [0.717, 1.165) is 10.8 Å². The summed E-state index contributed by atoms with van der Waals surface area (Å²) in [6, 6.07) is 21.7. The molecule has 3 aromatic rings. The van der Waals surface area contributed by atoms with Gasteiger partial charge in [-0.2, -0.15) is 0 Å². The number of anilines is 1. The van der Waals surface area contributed by atoms with Crippen molar-refractivity contribution in [1.82, 2.24) is 0 Å². The van der Waals surface area contributed by atoms with Gasteiger partial charge in [0, 0.05) is 26.1 Å². The topological polar surface area (TPSA) is 46.2 Å². The van der Waals surface area contributed by atoms with Crippen molar-refractivity contribution in [3.05, 3.63) is 80.2 Å². The first-order valence-electron chi connectivity index (χ1n) is 8.22. The number of rotatable bonds is 3. The quantitative estimate of drug-likeness (QED) is 0.403. The molecule has 0 saturated carbocycles. The normalized spacial score (nSPS) is 9.23. The minimum atomic E-state index is -3.53. The molecule has 0 aliphatic carbocycles. The SMILES string of the molecule is CC.CC.O=S(=O)(Nc1ccc2ccccc2c1)c1ccccc1.[CH3-].[Re]. The predicted molar refractivity (Wildman–Crippen MR) is 110 cm³/mol. The molecule has 1 radical (unpaired) electrons. The van der Waals surface area contributed by atoms with Gasteiger partial charge in [0.2, 0.25) is 0 Å². The fourth-order valence-electron chi connectivity index (χ4n) is 2.07. The Balaban J connectivity index is 0. The molecule has 0 aliphatic heterocycles. The van der Waals surface area contributed by atoms with Gasteiger partial charge in [-0.05, 0) is 35.0 Å². The molecule has 0 unspecified atom stereocenters. The molecule has 0 saturated heterocycles. The molecule has 0 bridgehead atoms. The summed E-state index contributed by atoms with van der Waals surface area (Å²) in [7, 11) is -3.53. The number of hydrogen-bond acceptors (Lipinski definition) is 2. The van der Waals surface area contributed by atoms with E-state index in [1.165, 1.54) is 0 Å². The second kappa shape index (κ2) is 13.5. The Kier molecular flexibility index (Phi) is 13.8. The molecule has 0 aromatic heterocycles. The molecule has 3 aromatic carbocycles. The number of sulfonamides is 1. The van der Waals surface area contributed by atoms with Gasteiger partial charge in [-0.1, -0.05) is 76.2 Å². The molecular formula is C21H28NO2ReS-. The van der Waals surface area contributed by atoms with Gasteiger partial charge in [0.25, 0.3) is 10.0 Å². The largest absolute Gasteiger partial charge is 0.358 e. The molecule has 3 rings (SSSR count). The summed E-state index contributed by atoms with van der Waals surface area (Å²) in [5, 5.41) is 2.08. The fourth-order valence-corrected chi connectivity index (χ4v) is 3.14. The fraction of sp³-hybridized carbons (Fsp3) is 0.190. The zero-order chi connectivity index (χ0) is 18.0. The van der Waals surface area contributed by atoms with Gasteiger partial charge in [-0.15, -0.1) is 0 Å². The van der Waals surface area contributed by atoms with Gasteiger partial charge in [0.1, 0.15) is 0 Å². The number of hydrogen-bond donors (Lipinski definition) is 1. The predicted octanol–water partition coefficient (Wildman–Crippen LogP) is 6.14. The number of nitrogens with one attached hydrogen (secondary N) is 1. The summed E-state index contributed by atoms with van der Waals surface area (Å²) in [5.74, 6) is 0. The molecule has 5 heteroatoms. The summed E-state index contributed by atoms with van der Waals surface area (Å²) in [4.78, 5) is 0.258. The van der Waals surface area contributed by atoms with Crippen molar-refractivity contribution >= 4 is 26.5 Å². The van der Waals surface area contributed by atoms with E-state index in [1.54, 1.807) is 36.4 Å². The zero-order valence-electron chi connectivity index (χ0n) is 16.0. The van der Waals surface area contributed by atoms with Crippen molar-refractivity contribution in [3.8, 4) is 0 Å². The summed E-state index contributed by atoms with van der Waals surface area (Å²) in [6.45, 7) is 8.00. The van der Waals surface area contributed by atoms with Crippen LogP contribution in [0.5, 0.6) is 0 Å². The van der Waals surface area contributed by atoms with Crippen molar-refractivity contribution in [2.45, 2.75) is 32.6 Å². The Morgan fingerprint density at radius 3 is 1.77 bits per heavy atom. The van der Waals surface area contributed by atoms with Gasteiger partial charge in [-0.3, -0.25) is 4.72 Å². The van der Waals surface area contributed by atoms with Crippen molar-refractivity contribution in [2.24, 2.45) is 0 Å². The van der Waals surface area contributed by atoms with Gasteiger partial charge in [0.05, 0.1) is 4.90 Å². The van der Waals surface area contributed by atoms with E-state index < -0.39 is 10.0 Å². The van der Waals surface area contributed by atoms with E-state index in [9.17, 15) is 8.42 Å². The average molecular weight is 545 g/mol. The average Bonchev–Trinajstić information content (AvgIpc) is 2.65. The van der Waals surface area contributed by atoms with E-state index in [4.69, 9.17) is 0 Å². The van der Waals surface area contributed by atoms with Crippen LogP contribution < -0.4 is 4.72 Å². The van der Waals surface area contributed by atoms with Gasteiger partial charge in [0.15, 0.2) is 0 Å². The first-order chi connectivity index (χ1) is 11.6. The van der Waals surface area contributed by atoms with Crippen LogP contribution in [-0.4, -0.2) is 8.42 Å². The summed E-state index contributed by atoms with van der Waals surface area (Å²) >= 11 is 0. The molecule has 0 atom stereocenters. The molecule has 0 heterocycles. The van der Waals surface area contributed by atoms with Crippen LogP contribution in [0.3, 0.4) is 0 Å². The zero-order valence-corrected chi connectivity index (χ0v) is 19.6. The third-order valence-electron chi connectivity index (χ3n) is 3.06. The third kappa shape index (κ3) is 7.29. The first kappa shape index (κ1) is 26.6.